The van der Waals surface area contributed by atoms with Crippen molar-refractivity contribution in [2.24, 2.45) is 0 Å². The summed E-state index contributed by atoms with van der Waals surface area (Å²) in [6.07, 6.45) is 2.36. The summed E-state index contributed by atoms with van der Waals surface area (Å²) in [5, 5.41) is 11.2. The quantitative estimate of drug-likeness (QED) is 0.235. The molecule has 2 fully saturated rings. The third kappa shape index (κ3) is 5.61. The molecule has 2 saturated heterocycles. The number of morpholine rings is 1. The molecule has 2 aromatic rings. The van der Waals surface area contributed by atoms with Crippen LogP contribution in [-0.4, -0.2) is 79.7 Å². The van der Waals surface area contributed by atoms with E-state index in [0.717, 1.165) is 25.2 Å². The smallest absolute Gasteiger partial charge is 0.295 e. The molecule has 0 spiro atoms. The number of aliphatic hydroxyl groups excluding tert-OH is 1. The maximum absolute atomic E-state index is 13.2. The van der Waals surface area contributed by atoms with Gasteiger partial charge in [0.15, 0.2) is 0 Å². The number of ether oxygens (including phenoxy) is 3. The number of carbonyl (C=O) groups excluding carboxylic acids is 2. The van der Waals surface area contributed by atoms with E-state index in [-0.39, 0.29) is 11.3 Å². The standard InChI is InChI=1S/C28H32N2O6/c1-3-17-36-23-11-5-20(6-12-23)25-24(26(31)21-7-9-22(34-2)10-8-21)27(32)28(33)30(25)14-4-13-29-15-18-35-19-16-29/h3,5-12,25,31H,1,4,13-19H2,2H3. The molecule has 0 radical (unpaired) electrons. The van der Waals surface area contributed by atoms with Gasteiger partial charge in [-0.3, -0.25) is 14.5 Å². The first kappa shape index (κ1) is 25.5. The Morgan fingerprint density at radius 3 is 2.36 bits per heavy atom. The van der Waals surface area contributed by atoms with Crippen molar-refractivity contribution in [1.29, 1.82) is 0 Å². The summed E-state index contributed by atoms with van der Waals surface area (Å²) in [6, 6.07) is 13.3. The fourth-order valence-electron chi connectivity index (χ4n) is 4.55. The zero-order valence-corrected chi connectivity index (χ0v) is 20.5. The fraction of sp³-hybridized carbons (Fsp3) is 0.357. The largest absolute Gasteiger partial charge is 0.507 e. The summed E-state index contributed by atoms with van der Waals surface area (Å²) in [7, 11) is 1.56. The van der Waals surface area contributed by atoms with Crippen molar-refractivity contribution in [2.75, 3.05) is 53.1 Å². The number of ketones is 1. The minimum Gasteiger partial charge on any atom is -0.507 e. The second kappa shape index (κ2) is 11.9. The zero-order valence-electron chi connectivity index (χ0n) is 20.5. The van der Waals surface area contributed by atoms with Crippen LogP contribution in [0.4, 0.5) is 0 Å². The highest BCUT2D eigenvalue weighted by molar-refractivity contribution is 6.46. The van der Waals surface area contributed by atoms with Gasteiger partial charge in [0.1, 0.15) is 23.9 Å². The Kier molecular flexibility index (Phi) is 8.40. The number of methoxy groups -OCH3 is 1. The molecule has 0 bridgehead atoms. The average Bonchev–Trinajstić information content (AvgIpc) is 3.17. The molecule has 0 saturated carbocycles. The van der Waals surface area contributed by atoms with Crippen LogP contribution >= 0.6 is 0 Å². The Hall–Kier alpha value is -3.62. The third-order valence-corrected chi connectivity index (χ3v) is 6.44. The summed E-state index contributed by atoms with van der Waals surface area (Å²) in [6.45, 7) is 8.32. The van der Waals surface area contributed by atoms with Gasteiger partial charge in [-0.1, -0.05) is 24.8 Å². The summed E-state index contributed by atoms with van der Waals surface area (Å²) >= 11 is 0. The monoisotopic (exact) mass is 492 g/mol. The lowest BCUT2D eigenvalue weighted by Gasteiger charge is -2.29. The van der Waals surface area contributed by atoms with Crippen molar-refractivity contribution in [1.82, 2.24) is 9.80 Å². The van der Waals surface area contributed by atoms with Crippen molar-refractivity contribution in [3.8, 4) is 11.5 Å². The predicted molar refractivity (Wildman–Crippen MR) is 136 cm³/mol. The van der Waals surface area contributed by atoms with Crippen molar-refractivity contribution in [2.45, 2.75) is 12.5 Å². The number of hydrogen-bond acceptors (Lipinski definition) is 7. The molecule has 8 nitrogen and oxygen atoms in total. The molecule has 0 aliphatic carbocycles. The SMILES string of the molecule is C=CCOc1ccc(C2C(=C(O)c3ccc(OC)cc3)C(=O)C(=O)N2CCCN2CCOCC2)cc1. The van der Waals surface area contributed by atoms with Gasteiger partial charge in [-0.05, 0) is 48.4 Å². The molecule has 0 aromatic heterocycles. The molecule has 2 aliphatic heterocycles. The molecule has 1 N–H and O–H groups in total. The molecule has 4 rings (SSSR count). The van der Waals surface area contributed by atoms with Crippen LogP contribution in [0.15, 0.2) is 66.8 Å². The van der Waals surface area contributed by atoms with Gasteiger partial charge in [-0.15, -0.1) is 0 Å². The van der Waals surface area contributed by atoms with E-state index in [1.807, 2.05) is 12.1 Å². The molecule has 190 valence electrons. The summed E-state index contributed by atoms with van der Waals surface area (Å²) < 4.78 is 16.2. The predicted octanol–water partition coefficient (Wildman–Crippen LogP) is 3.40. The first-order valence-corrected chi connectivity index (χ1v) is 12.1. The minimum atomic E-state index is -0.703. The van der Waals surface area contributed by atoms with Gasteiger partial charge in [0.25, 0.3) is 11.7 Å². The fourth-order valence-corrected chi connectivity index (χ4v) is 4.55. The van der Waals surface area contributed by atoms with E-state index in [2.05, 4.69) is 11.5 Å². The number of likely N-dealkylation sites (tertiary alicyclic amines) is 1. The Bertz CT molecular complexity index is 1100. The van der Waals surface area contributed by atoms with Gasteiger partial charge in [0.05, 0.1) is 31.9 Å². The van der Waals surface area contributed by atoms with E-state index in [4.69, 9.17) is 14.2 Å². The van der Waals surface area contributed by atoms with Gasteiger partial charge >= 0.3 is 0 Å². The molecule has 1 amide bonds. The van der Waals surface area contributed by atoms with Crippen LogP contribution in [0.25, 0.3) is 5.76 Å². The van der Waals surface area contributed by atoms with Gasteiger partial charge in [-0.25, -0.2) is 0 Å². The van der Waals surface area contributed by atoms with Gasteiger partial charge in [-0.2, -0.15) is 0 Å². The Balaban J connectivity index is 1.65. The van der Waals surface area contributed by atoms with Crippen molar-refractivity contribution in [3.05, 3.63) is 77.9 Å². The molecular formula is C28H32N2O6. The number of nitrogens with zero attached hydrogens (tertiary/aromatic N) is 2. The molecule has 2 heterocycles. The molecule has 2 aromatic carbocycles. The number of amides is 1. The first-order valence-electron chi connectivity index (χ1n) is 12.1. The Morgan fingerprint density at radius 1 is 1.06 bits per heavy atom. The average molecular weight is 493 g/mol. The van der Waals surface area contributed by atoms with Crippen LogP contribution < -0.4 is 9.47 Å². The summed E-state index contributed by atoms with van der Waals surface area (Å²) in [5.41, 5.74) is 1.25. The van der Waals surface area contributed by atoms with Crippen LogP contribution in [0.2, 0.25) is 0 Å². The molecule has 1 atom stereocenters. The lowest BCUT2D eigenvalue weighted by atomic mass is 9.95. The number of rotatable bonds is 10. The summed E-state index contributed by atoms with van der Waals surface area (Å²) in [5.74, 6) is -0.223. The molecule has 2 aliphatic rings. The molecule has 8 heteroatoms. The minimum absolute atomic E-state index is 0.0799. The van der Waals surface area contributed by atoms with Gasteiger partial charge < -0.3 is 24.2 Å². The van der Waals surface area contributed by atoms with Gasteiger partial charge in [0, 0.05) is 31.7 Å². The van der Waals surface area contributed by atoms with E-state index in [9.17, 15) is 14.7 Å². The Morgan fingerprint density at radius 2 is 1.72 bits per heavy atom. The highest BCUT2D eigenvalue weighted by Gasteiger charge is 2.45. The number of Topliss-reactive ketones (excluding diaryl/α,β-unsaturated/α-hetero) is 1. The highest BCUT2D eigenvalue weighted by Crippen LogP contribution is 2.40. The van der Waals surface area contributed by atoms with Crippen LogP contribution in [0, 0.1) is 0 Å². The molecule has 1 unspecified atom stereocenters. The lowest BCUT2D eigenvalue weighted by molar-refractivity contribution is -0.140. The first-order chi connectivity index (χ1) is 17.5. The number of benzene rings is 2. The highest BCUT2D eigenvalue weighted by atomic mass is 16.5. The molecular weight excluding hydrogens is 460 g/mol. The number of aliphatic hydroxyl groups is 1. The van der Waals surface area contributed by atoms with Crippen LogP contribution in [0.1, 0.15) is 23.6 Å². The van der Waals surface area contributed by atoms with E-state index in [1.54, 1.807) is 54.5 Å². The second-order valence-corrected chi connectivity index (χ2v) is 8.70. The maximum atomic E-state index is 13.2. The van der Waals surface area contributed by atoms with E-state index in [1.165, 1.54) is 0 Å². The van der Waals surface area contributed by atoms with Crippen molar-refractivity contribution in [3.63, 3.8) is 0 Å². The van der Waals surface area contributed by atoms with Crippen LogP contribution in [0.5, 0.6) is 11.5 Å². The van der Waals surface area contributed by atoms with E-state index >= 15 is 0 Å². The van der Waals surface area contributed by atoms with E-state index < -0.39 is 17.7 Å². The number of hydrogen-bond donors (Lipinski definition) is 1. The topological polar surface area (TPSA) is 88.5 Å². The second-order valence-electron chi connectivity index (χ2n) is 8.70. The van der Waals surface area contributed by atoms with E-state index in [0.29, 0.717) is 49.8 Å². The third-order valence-electron chi connectivity index (χ3n) is 6.44. The number of carbonyl (C=O) groups is 2. The lowest BCUT2D eigenvalue weighted by Crippen LogP contribution is -2.38. The zero-order chi connectivity index (χ0) is 25.5. The van der Waals surface area contributed by atoms with Gasteiger partial charge in [0.2, 0.25) is 0 Å². The van der Waals surface area contributed by atoms with Crippen molar-refractivity contribution < 1.29 is 28.9 Å². The van der Waals surface area contributed by atoms with Crippen LogP contribution in [0.3, 0.4) is 0 Å². The Labute approximate surface area is 211 Å². The van der Waals surface area contributed by atoms with Crippen molar-refractivity contribution >= 4 is 17.4 Å². The summed E-state index contributed by atoms with van der Waals surface area (Å²) in [4.78, 5) is 30.2. The normalized spacial score (nSPS) is 19.9. The van der Waals surface area contributed by atoms with Crippen LogP contribution in [-0.2, 0) is 14.3 Å². The molecule has 36 heavy (non-hydrogen) atoms. The maximum Gasteiger partial charge on any atom is 0.295 e.